The monoisotopic (exact) mass is 336 g/mol. The standard InChI is InChI=1S/C18H25FN2O3/c1-14(22)21-11-8-15(9-12-21)18(23)20-10-2-3-13-24-17-6-4-16(19)5-7-17/h4-7,15H,2-3,8-13H2,1H3,(H,20,23). The molecule has 1 N–H and O–H groups in total. The van der Waals surface area contributed by atoms with Crippen molar-refractivity contribution in [1.82, 2.24) is 10.2 Å². The highest BCUT2D eigenvalue weighted by Gasteiger charge is 2.25. The van der Waals surface area contributed by atoms with Gasteiger partial charge in [-0.1, -0.05) is 0 Å². The number of unbranched alkanes of at least 4 members (excludes halogenated alkanes) is 1. The van der Waals surface area contributed by atoms with Crippen LogP contribution in [0, 0.1) is 11.7 Å². The molecule has 2 rings (SSSR count). The van der Waals surface area contributed by atoms with Crippen molar-refractivity contribution < 1.29 is 18.7 Å². The Bertz CT molecular complexity index is 540. The van der Waals surface area contributed by atoms with Gasteiger partial charge in [-0.25, -0.2) is 4.39 Å². The second-order valence-corrected chi connectivity index (χ2v) is 6.08. The van der Waals surface area contributed by atoms with Gasteiger partial charge < -0.3 is 15.0 Å². The summed E-state index contributed by atoms with van der Waals surface area (Å²) in [6.07, 6.45) is 3.12. The average Bonchev–Trinajstić information content (AvgIpc) is 2.59. The van der Waals surface area contributed by atoms with Crippen LogP contribution in [0.2, 0.25) is 0 Å². The fourth-order valence-corrected chi connectivity index (χ4v) is 2.76. The first-order valence-corrected chi connectivity index (χ1v) is 8.48. The van der Waals surface area contributed by atoms with E-state index in [-0.39, 0.29) is 23.5 Å². The summed E-state index contributed by atoms with van der Waals surface area (Å²) in [7, 11) is 0. The second kappa shape index (κ2) is 9.25. The van der Waals surface area contributed by atoms with E-state index in [9.17, 15) is 14.0 Å². The summed E-state index contributed by atoms with van der Waals surface area (Å²) in [5.41, 5.74) is 0. The van der Waals surface area contributed by atoms with Crippen LogP contribution in [0.1, 0.15) is 32.6 Å². The number of hydrogen-bond acceptors (Lipinski definition) is 3. The summed E-state index contributed by atoms with van der Waals surface area (Å²) in [4.78, 5) is 25.1. The van der Waals surface area contributed by atoms with E-state index in [1.54, 1.807) is 24.0 Å². The van der Waals surface area contributed by atoms with Crippen LogP contribution in [0.25, 0.3) is 0 Å². The topological polar surface area (TPSA) is 58.6 Å². The highest BCUT2D eigenvalue weighted by molar-refractivity contribution is 5.79. The molecule has 0 atom stereocenters. The molecule has 1 aromatic rings. The molecule has 0 unspecified atom stereocenters. The number of likely N-dealkylation sites (tertiary alicyclic amines) is 1. The van der Waals surface area contributed by atoms with Crippen LogP contribution in [0.3, 0.4) is 0 Å². The molecule has 1 aliphatic rings. The van der Waals surface area contributed by atoms with Crippen LogP contribution in [0.15, 0.2) is 24.3 Å². The van der Waals surface area contributed by atoms with E-state index in [1.807, 2.05) is 0 Å². The van der Waals surface area contributed by atoms with Gasteiger partial charge in [-0.05, 0) is 49.9 Å². The van der Waals surface area contributed by atoms with Crippen LogP contribution in [-0.2, 0) is 9.59 Å². The predicted octanol–water partition coefficient (Wildman–Crippen LogP) is 2.36. The van der Waals surface area contributed by atoms with Gasteiger partial charge in [0.05, 0.1) is 6.61 Å². The van der Waals surface area contributed by atoms with Crippen molar-refractivity contribution >= 4 is 11.8 Å². The van der Waals surface area contributed by atoms with Crippen molar-refractivity contribution in [1.29, 1.82) is 0 Å². The number of carbonyl (C=O) groups is 2. The van der Waals surface area contributed by atoms with Crippen molar-refractivity contribution in [2.45, 2.75) is 32.6 Å². The molecule has 1 fully saturated rings. The van der Waals surface area contributed by atoms with Gasteiger partial charge in [-0.2, -0.15) is 0 Å². The van der Waals surface area contributed by atoms with Gasteiger partial charge in [0.2, 0.25) is 11.8 Å². The highest BCUT2D eigenvalue weighted by atomic mass is 19.1. The van der Waals surface area contributed by atoms with E-state index in [0.29, 0.717) is 32.0 Å². The Morgan fingerprint density at radius 3 is 2.50 bits per heavy atom. The molecule has 0 aromatic heterocycles. The second-order valence-electron chi connectivity index (χ2n) is 6.08. The SMILES string of the molecule is CC(=O)N1CCC(C(=O)NCCCCOc2ccc(F)cc2)CC1. The number of nitrogens with zero attached hydrogens (tertiary/aromatic N) is 1. The van der Waals surface area contributed by atoms with E-state index in [0.717, 1.165) is 25.7 Å². The maximum atomic E-state index is 12.8. The Kier molecular flexibility index (Phi) is 7.03. The third-order valence-corrected chi connectivity index (χ3v) is 4.26. The average molecular weight is 336 g/mol. The van der Waals surface area contributed by atoms with Gasteiger partial charge >= 0.3 is 0 Å². The molecule has 1 aromatic carbocycles. The Morgan fingerprint density at radius 1 is 1.21 bits per heavy atom. The minimum absolute atomic E-state index is 0.0102. The van der Waals surface area contributed by atoms with Crippen LogP contribution in [0.5, 0.6) is 5.75 Å². The molecule has 0 bridgehead atoms. The van der Waals surface area contributed by atoms with Crippen LogP contribution in [-0.4, -0.2) is 43.0 Å². The molecule has 0 radical (unpaired) electrons. The first-order chi connectivity index (χ1) is 11.6. The molecule has 6 heteroatoms. The van der Waals surface area contributed by atoms with Gasteiger partial charge in [-0.15, -0.1) is 0 Å². The Balaban J connectivity index is 1.53. The number of piperidine rings is 1. The van der Waals surface area contributed by atoms with E-state index < -0.39 is 0 Å². The Labute approximate surface area is 142 Å². The van der Waals surface area contributed by atoms with Crippen molar-refractivity contribution in [3.05, 3.63) is 30.1 Å². The number of carbonyl (C=O) groups excluding carboxylic acids is 2. The quantitative estimate of drug-likeness (QED) is 0.778. The molecule has 0 spiro atoms. The van der Waals surface area contributed by atoms with Crippen molar-refractivity contribution in [2.75, 3.05) is 26.2 Å². The lowest BCUT2D eigenvalue weighted by Gasteiger charge is -2.30. The molecule has 0 saturated carbocycles. The van der Waals surface area contributed by atoms with Gasteiger partial charge in [0.25, 0.3) is 0 Å². The molecule has 5 nitrogen and oxygen atoms in total. The van der Waals surface area contributed by atoms with E-state index in [4.69, 9.17) is 4.74 Å². The number of ether oxygens (including phenoxy) is 1. The maximum Gasteiger partial charge on any atom is 0.223 e. The first kappa shape index (κ1) is 18.2. The Morgan fingerprint density at radius 2 is 1.88 bits per heavy atom. The molecule has 1 heterocycles. The third kappa shape index (κ3) is 5.83. The van der Waals surface area contributed by atoms with Crippen LogP contribution in [0.4, 0.5) is 4.39 Å². The van der Waals surface area contributed by atoms with E-state index >= 15 is 0 Å². The molecular formula is C18H25FN2O3. The number of rotatable bonds is 7. The van der Waals surface area contributed by atoms with Gasteiger partial charge in [0.15, 0.2) is 0 Å². The molecule has 0 aliphatic carbocycles. The maximum absolute atomic E-state index is 12.8. The minimum atomic E-state index is -0.279. The number of nitrogens with one attached hydrogen (secondary N) is 1. The zero-order valence-corrected chi connectivity index (χ0v) is 14.1. The first-order valence-electron chi connectivity index (χ1n) is 8.48. The van der Waals surface area contributed by atoms with Crippen LogP contribution < -0.4 is 10.1 Å². The van der Waals surface area contributed by atoms with Crippen LogP contribution >= 0.6 is 0 Å². The summed E-state index contributed by atoms with van der Waals surface area (Å²) in [5, 5.41) is 2.96. The smallest absolute Gasteiger partial charge is 0.223 e. The molecule has 1 saturated heterocycles. The predicted molar refractivity (Wildman–Crippen MR) is 89.1 cm³/mol. The van der Waals surface area contributed by atoms with E-state index in [1.165, 1.54) is 12.1 Å². The summed E-state index contributed by atoms with van der Waals surface area (Å²) < 4.78 is 18.3. The fraction of sp³-hybridized carbons (Fsp3) is 0.556. The highest BCUT2D eigenvalue weighted by Crippen LogP contribution is 2.17. The zero-order valence-electron chi connectivity index (χ0n) is 14.1. The van der Waals surface area contributed by atoms with Crippen molar-refractivity contribution in [2.24, 2.45) is 5.92 Å². The molecular weight excluding hydrogens is 311 g/mol. The van der Waals surface area contributed by atoms with Gasteiger partial charge in [0, 0.05) is 32.5 Å². The normalized spacial score (nSPS) is 15.2. The third-order valence-electron chi connectivity index (χ3n) is 4.26. The summed E-state index contributed by atoms with van der Waals surface area (Å²) in [6.45, 7) is 4.06. The van der Waals surface area contributed by atoms with Crippen molar-refractivity contribution in [3.8, 4) is 5.75 Å². The summed E-state index contributed by atoms with van der Waals surface area (Å²) >= 11 is 0. The number of hydrogen-bond donors (Lipinski definition) is 1. The summed E-state index contributed by atoms with van der Waals surface area (Å²) in [5.74, 6) is 0.542. The lowest BCUT2D eigenvalue weighted by atomic mass is 9.96. The lowest BCUT2D eigenvalue weighted by molar-refractivity contribution is -0.133. The van der Waals surface area contributed by atoms with E-state index in [2.05, 4.69) is 5.32 Å². The zero-order chi connectivity index (χ0) is 17.4. The fourth-order valence-electron chi connectivity index (χ4n) is 2.76. The number of amides is 2. The van der Waals surface area contributed by atoms with Gasteiger partial charge in [-0.3, -0.25) is 9.59 Å². The largest absolute Gasteiger partial charge is 0.494 e. The van der Waals surface area contributed by atoms with Gasteiger partial charge in [0.1, 0.15) is 11.6 Å². The minimum Gasteiger partial charge on any atom is -0.494 e. The van der Waals surface area contributed by atoms with Crippen molar-refractivity contribution in [3.63, 3.8) is 0 Å². The Hall–Kier alpha value is -2.11. The molecule has 2 amide bonds. The summed E-state index contributed by atoms with van der Waals surface area (Å²) in [6, 6.07) is 5.94. The number of halogens is 1. The molecule has 24 heavy (non-hydrogen) atoms. The lowest BCUT2D eigenvalue weighted by Crippen LogP contribution is -2.42. The number of benzene rings is 1. The molecule has 132 valence electrons. The molecule has 1 aliphatic heterocycles.